The van der Waals surface area contributed by atoms with Crippen LogP contribution in [0.2, 0.25) is 0 Å². The zero-order chi connectivity index (χ0) is 16.3. The summed E-state index contributed by atoms with van der Waals surface area (Å²) in [4.78, 5) is 13.6. The van der Waals surface area contributed by atoms with Gasteiger partial charge in [0.1, 0.15) is 5.60 Å². The maximum atomic E-state index is 12.1. The molecule has 2 N–H and O–H groups in total. The van der Waals surface area contributed by atoms with E-state index in [1.165, 1.54) is 5.56 Å². The molecule has 2 rings (SSSR count). The molecule has 5 heteroatoms. The summed E-state index contributed by atoms with van der Waals surface area (Å²) in [7, 11) is 0. The molecular formula is C17H26N2O3. The lowest BCUT2D eigenvalue weighted by atomic mass is 10.1. The van der Waals surface area contributed by atoms with Crippen molar-refractivity contribution in [1.29, 1.82) is 0 Å². The van der Waals surface area contributed by atoms with E-state index in [9.17, 15) is 9.90 Å². The summed E-state index contributed by atoms with van der Waals surface area (Å²) in [6.45, 7) is 8.35. The van der Waals surface area contributed by atoms with Crippen molar-refractivity contribution in [2.75, 3.05) is 18.4 Å². The number of aliphatic hydroxyl groups is 1. The molecule has 0 saturated carbocycles. The summed E-state index contributed by atoms with van der Waals surface area (Å²) >= 11 is 0. The number of hydrogen-bond donors (Lipinski definition) is 2. The zero-order valence-corrected chi connectivity index (χ0v) is 13.8. The van der Waals surface area contributed by atoms with Crippen molar-refractivity contribution in [3.05, 3.63) is 29.8 Å². The van der Waals surface area contributed by atoms with Gasteiger partial charge in [0.2, 0.25) is 0 Å². The van der Waals surface area contributed by atoms with E-state index in [1.54, 1.807) is 4.90 Å². The molecule has 1 aliphatic rings. The second-order valence-corrected chi connectivity index (χ2v) is 6.75. The molecule has 1 aromatic rings. The molecule has 1 aromatic carbocycles. The van der Waals surface area contributed by atoms with Crippen LogP contribution in [0, 0.1) is 0 Å². The van der Waals surface area contributed by atoms with Gasteiger partial charge in [-0.05, 0) is 44.9 Å². The smallest absolute Gasteiger partial charge is 0.410 e. The fourth-order valence-electron chi connectivity index (χ4n) is 2.45. The highest BCUT2D eigenvalue weighted by atomic mass is 16.6. The van der Waals surface area contributed by atoms with Gasteiger partial charge in [-0.15, -0.1) is 0 Å². The van der Waals surface area contributed by atoms with Gasteiger partial charge in [-0.2, -0.15) is 0 Å². The number of rotatable bonds is 3. The Bertz CT molecular complexity index is 508. The van der Waals surface area contributed by atoms with E-state index in [0.29, 0.717) is 13.1 Å². The number of carbonyl (C=O) groups is 1. The van der Waals surface area contributed by atoms with Crippen LogP contribution in [0.15, 0.2) is 24.3 Å². The van der Waals surface area contributed by atoms with Gasteiger partial charge in [0.25, 0.3) is 0 Å². The summed E-state index contributed by atoms with van der Waals surface area (Å²) in [5.41, 5.74) is 1.70. The van der Waals surface area contributed by atoms with Crippen molar-refractivity contribution in [2.24, 2.45) is 0 Å². The topological polar surface area (TPSA) is 61.8 Å². The summed E-state index contributed by atoms with van der Waals surface area (Å²) in [6, 6.07) is 7.95. The van der Waals surface area contributed by atoms with Gasteiger partial charge in [-0.3, -0.25) is 0 Å². The normalized spacial score (nSPS) is 21.8. The molecule has 1 saturated heterocycles. The number of ether oxygens (including phenoxy) is 1. The molecule has 0 unspecified atom stereocenters. The fourth-order valence-corrected chi connectivity index (χ4v) is 2.45. The van der Waals surface area contributed by atoms with Crippen LogP contribution in [-0.2, 0) is 11.2 Å². The molecular weight excluding hydrogens is 280 g/mol. The predicted molar refractivity (Wildman–Crippen MR) is 87.0 cm³/mol. The Balaban J connectivity index is 1.94. The Hall–Kier alpha value is -1.75. The van der Waals surface area contributed by atoms with Crippen LogP contribution < -0.4 is 5.32 Å². The minimum absolute atomic E-state index is 0.181. The summed E-state index contributed by atoms with van der Waals surface area (Å²) in [6.07, 6.45) is 0.0224. The van der Waals surface area contributed by atoms with Crippen LogP contribution in [0.25, 0.3) is 0 Å². The highest BCUT2D eigenvalue weighted by molar-refractivity contribution is 5.69. The van der Waals surface area contributed by atoms with Crippen LogP contribution >= 0.6 is 0 Å². The van der Waals surface area contributed by atoms with E-state index in [0.717, 1.165) is 12.1 Å². The highest BCUT2D eigenvalue weighted by Gasteiger charge is 2.36. The van der Waals surface area contributed by atoms with Crippen LogP contribution in [0.4, 0.5) is 10.5 Å². The largest absolute Gasteiger partial charge is 0.444 e. The van der Waals surface area contributed by atoms with Gasteiger partial charge < -0.3 is 20.1 Å². The van der Waals surface area contributed by atoms with Crippen molar-refractivity contribution in [3.8, 4) is 0 Å². The molecule has 0 radical (unpaired) electrons. The highest BCUT2D eigenvalue weighted by Crippen LogP contribution is 2.19. The van der Waals surface area contributed by atoms with E-state index < -0.39 is 11.7 Å². The van der Waals surface area contributed by atoms with E-state index >= 15 is 0 Å². The lowest BCUT2D eigenvalue weighted by Gasteiger charge is -2.24. The van der Waals surface area contributed by atoms with Gasteiger partial charge in [0.05, 0.1) is 18.7 Å². The molecule has 5 nitrogen and oxygen atoms in total. The van der Waals surface area contributed by atoms with Crippen molar-refractivity contribution in [1.82, 2.24) is 4.90 Å². The molecule has 2 atom stereocenters. The van der Waals surface area contributed by atoms with Crippen LogP contribution in [0.3, 0.4) is 0 Å². The Labute approximate surface area is 132 Å². The molecule has 122 valence electrons. The molecule has 1 amide bonds. The maximum absolute atomic E-state index is 12.1. The summed E-state index contributed by atoms with van der Waals surface area (Å²) < 4.78 is 5.35. The average Bonchev–Trinajstić information content (AvgIpc) is 2.79. The fraction of sp³-hybridized carbons (Fsp3) is 0.588. The van der Waals surface area contributed by atoms with Crippen molar-refractivity contribution >= 4 is 11.8 Å². The number of amides is 1. The number of hydrogen-bond acceptors (Lipinski definition) is 4. The molecule has 0 bridgehead atoms. The standard InChI is InChI=1S/C17H26N2O3/c1-5-12-6-8-13(9-7-12)18-14-10-19(11-15(14)20)16(21)22-17(2,3)4/h6-9,14-15,18,20H,5,10-11H2,1-4H3/t14-,15-/m1/s1. The van der Waals surface area contributed by atoms with Gasteiger partial charge in [0, 0.05) is 12.2 Å². The minimum atomic E-state index is -0.599. The first kappa shape index (κ1) is 16.6. The number of anilines is 1. The van der Waals surface area contributed by atoms with E-state index in [4.69, 9.17) is 4.74 Å². The molecule has 0 aliphatic carbocycles. The number of benzene rings is 1. The Morgan fingerprint density at radius 3 is 2.50 bits per heavy atom. The third kappa shape index (κ3) is 4.37. The molecule has 0 spiro atoms. The summed E-state index contributed by atoms with van der Waals surface area (Å²) in [5, 5.41) is 13.4. The molecule has 1 heterocycles. The maximum Gasteiger partial charge on any atom is 0.410 e. The van der Waals surface area contributed by atoms with Gasteiger partial charge in [0.15, 0.2) is 0 Å². The van der Waals surface area contributed by atoms with E-state index in [2.05, 4.69) is 24.4 Å². The number of nitrogens with zero attached hydrogens (tertiary/aromatic N) is 1. The molecule has 1 fully saturated rings. The molecule has 22 heavy (non-hydrogen) atoms. The van der Waals surface area contributed by atoms with Crippen LogP contribution in [-0.4, -0.2) is 46.9 Å². The number of likely N-dealkylation sites (tertiary alicyclic amines) is 1. The van der Waals surface area contributed by atoms with E-state index in [-0.39, 0.29) is 12.1 Å². The van der Waals surface area contributed by atoms with Crippen molar-refractivity contribution in [3.63, 3.8) is 0 Å². The SMILES string of the molecule is CCc1ccc(N[C@@H]2CN(C(=O)OC(C)(C)C)C[C@H]2O)cc1. The van der Waals surface area contributed by atoms with Gasteiger partial charge in [-0.1, -0.05) is 19.1 Å². The van der Waals surface area contributed by atoms with Crippen LogP contribution in [0.1, 0.15) is 33.3 Å². The first-order chi connectivity index (χ1) is 10.3. The predicted octanol–water partition coefficient (Wildman–Crippen LogP) is 2.64. The third-order valence-corrected chi connectivity index (χ3v) is 3.65. The summed E-state index contributed by atoms with van der Waals surface area (Å²) in [5.74, 6) is 0. The lowest BCUT2D eigenvalue weighted by molar-refractivity contribution is 0.0270. The zero-order valence-electron chi connectivity index (χ0n) is 13.8. The molecule has 1 aliphatic heterocycles. The number of nitrogens with one attached hydrogen (secondary N) is 1. The average molecular weight is 306 g/mol. The minimum Gasteiger partial charge on any atom is -0.444 e. The number of β-amino-alcohol motifs (C(OH)–C–C–N with tert-alkyl or cyclic N) is 1. The number of carbonyl (C=O) groups excluding carboxylic acids is 1. The van der Waals surface area contributed by atoms with Crippen molar-refractivity contribution < 1.29 is 14.6 Å². The second kappa shape index (κ2) is 6.57. The first-order valence-electron chi connectivity index (χ1n) is 7.80. The van der Waals surface area contributed by atoms with Crippen molar-refractivity contribution in [2.45, 2.75) is 51.9 Å². The number of aryl methyl sites for hydroxylation is 1. The lowest BCUT2D eigenvalue weighted by Crippen LogP contribution is -2.36. The third-order valence-electron chi connectivity index (χ3n) is 3.65. The monoisotopic (exact) mass is 306 g/mol. The Morgan fingerprint density at radius 2 is 1.95 bits per heavy atom. The van der Waals surface area contributed by atoms with Gasteiger partial charge in [-0.25, -0.2) is 4.79 Å². The van der Waals surface area contributed by atoms with E-state index in [1.807, 2.05) is 32.9 Å². The molecule has 0 aromatic heterocycles. The Kier molecular flexibility index (Phi) is 4.96. The van der Waals surface area contributed by atoms with Gasteiger partial charge >= 0.3 is 6.09 Å². The Morgan fingerprint density at radius 1 is 1.32 bits per heavy atom. The second-order valence-electron chi connectivity index (χ2n) is 6.75. The number of aliphatic hydroxyl groups excluding tert-OH is 1. The quantitative estimate of drug-likeness (QED) is 0.901. The first-order valence-corrected chi connectivity index (χ1v) is 7.80. The van der Waals surface area contributed by atoms with Crippen LogP contribution in [0.5, 0.6) is 0 Å².